The fourth-order valence-corrected chi connectivity index (χ4v) is 2.77. The molecule has 2 rings (SSSR count). The van der Waals surface area contributed by atoms with Crippen LogP contribution in [0.5, 0.6) is 0 Å². The van der Waals surface area contributed by atoms with E-state index in [1.165, 1.54) is 0 Å². The molecule has 0 saturated heterocycles. The zero-order valence-electron chi connectivity index (χ0n) is 12.5. The third kappa shape index (κ3) is 3.54. The average molecular weight is 294 g/mol. The molecule has 0 radical (unpaired) electrons. The number of nitrogens with one attached hydrogen (secondary N) is 2. The summed E-state index contributed by atoms with van der Waals surface area (Å²) >= 11 is 6.42. The number of hydrogen-bond acceptors (Lipinski definition) is 2. The number of halogens is 1. The van der Waals surface area contributed by atoms with Gasteiger partial charge in [0, 0.05) is 35.7 Å². The van der Waals surface area contributed by atoms with Crippen molar-refractivity contribution in [3.8, 4) is 0 Å². The number of rotatable bonds is 7. The maximum atomic E-state index is 6.42. The molecule has 0 aliphatic carbocycles. The minimum atomic E-state index is 0.442. The third-order valence-electron chi connectivity index (χ3n) is 3.77. The Balaban J connectivity index is 1.97. The number of fused-ring (bicyclic) bond motifs is 1. The Morgan fingerprint density at radius 1 is 1.25 bits per heavy atom. The minimum absolute atomic E-state index is 0.442. The Hall–Kier alpha value is -1.03. The van der Waals surface area contributed by atoms with Crippen LogP contribution in [0.2, 0.25) is 5.02 Å². The van der Waals surface area contributed by atoms with Crippen LogP contribution in [-0.4, -0.2) is 35.6 Å². The molecular weight excluding hydrogens is 270 g/mol. The van der Waals surface area contributed by atoms with Crippen molar-refractivity contribution in [1.29, 1.82) is 0 Å². The monoisotopic (exact) mass is 293 g/mol. The zero-order chi connectivity index (χ0) is 14.5. The van der Waals surface area contributed by atoms with Crippen LogP contribution in [0.4, 0.5) is 0 Å². The fourth-order valence-electron chi connectivity index (χ4n) is 2.50. The van der Waals surface area contributed by atoms with E-state index in [1.54, 1.807) is 0 Å². The van der Waals surface area contributed by atoms with Crippen molar-refractivity contribution in [3.63, 3.8) is 0 Å². The topological polar surface area (TPSA) is 31.1 Å². The first-order valence-electron chi connectivity index (χ1n) is 7.36. The summed E-state index contributed by atoms with van der Waals surface area (Å²) in [5.41, 5.74) is 2.17. The summed E-state index contributed by atoms with van der Waals surface area (Å²) in [7, 11) is 0. The number of H-pyrrole nitrogens is 1. The van der Waals surface area contributed by atoms with E-state index in [4.69, 9.17) is 11.6 Å². The summed E-state index contributed by atoms with van der Waals surface area (Å²) in [6.45, 7) is 10.6. The quantitative estimate of drug-likeness (QED) is 0.816. The molecule has 0 amide bonds. The molecule has 0 fully saturated rings. The van der Waals surface area contributed by atoms with Gasteiger partial charge in [-0.15, -0.1) is 0 Å². The molecule has 2 N–H and O–H groups in total. The third-order valence-corrected chi connectivity index (χ3v) is 4.20. The molecule has 1 unspecified atom stereocenters. The lowest BCUT2D eigenvalue weighted by atomic mass is 10.2. The van der Waals surface area contributed by atoms with Crippen LogP contribution in [0, 0.1) is 0 Å². The molecule has 0 aliphatic heterocycles. The van der Waals surface area contributed by atoms with E-state index in [0.717, 1.165) is 47.8 Å². The summed E-state index contributed by atoms with van der Waals surface area (Å²) in [5, 5.41) is 5.48. The maximum Gasteiger partial charge on any atom is 0.0705 e. The van der Waals surface area contributed by atoms with Gasteiger partial charge in [-0.3, -0.25) is 0 Å². The standard InChI is InChI=1S/C16H24ClN3/c1-4-20(5-2)11-12(3)18-10-15-16(17)13-8-6-7-9-14(13)19-15/h6-9,12,18-19H,4-5,10-11H2,1-3H3. The van der Waals surface area contributed by atoms with E-state index in [1.807, 2.05) is 12.1 Å². The highest BCUT2D eigenvalue weighted by molar-refractivity contribution is 6.36. The highest BCUT2D eigenvalue weighted by Crippen LogP contribution is 2.26. The number of hydrogen-bond donors (Lipinski definition) is 2. The second-order valence-electron chi connectivity index (χ2n) is 5.23. The van der Waals surface area contributed by atoms with E-state index >= 15 is 0 Å². The van der Waals surface area contributed by atoms with E-state index < -0.39 is 0 Å². The number of benzene rings is 1. The number of para-hydroxylation sites is 1. The summed E-state index contributed by atoms with van der Waals surface area (Å²) in [6, 6.07) is 8.59. The van der Waals surface area contributed by atoms with Crippen LogP contribution in [0.1, 0.15) is 26.5 Å². The SMILES string of the molecule is CCN(CC)CC(C)NCc1[nH]c2ccccc2c1Cl. The molecule has 1 heterocycles. The smallest absolute Gasteiger partial charge is 0.0705 e. The molecule has 0 saturated carbocycles. The summed E-state index contributed by atoms with van der Waals surface area (Å²) < 4.78 is 0. The van der Waals surface area contributed by atoms with Crippen molar-refractivity contribution in [1.82, 2.24) is 15.2 Å². The maximum absolute atomic E-state index is 6.42. The van der Waals surface area contributed by atoms with Crippen molar-refractivity contribution >= 4 is 22.5 Å². The number of nitrogens with zero attached hydrogens (tertiary/aromatic N) is 1. The highest BCUT2D eigenvalue weighted by atomic mass is 35.5. The van der Waals surface area contributed by atoms with Crippen LogP contribution in [-0.2, 0) is 6.54 Å². The van der Waals surface area contributed by atoms with Crippen LogP contribution in [0.25, 0.3) is 10.9 Å². The van der Waals surface area contributed by atoms with Crippen molar-refractivity contribution < 1.29 is 0 Å². The second-order valence-corrected chi connectivity index (χ2v) is 5.61. The first-order chi connectivity index (χ1) is 9.65. The van der Waals surface area contributed by atoms with Crippen molar-refractivity contribution in [2.75, 3.05) is 19.6 Å². The van der Waals surface area contributed by atoms with Gasteiger partial charge in [0.05, 0.1) is 5.02 Å². The van der Waals surface area contributed by atoms with Crippen LogP contribution >= 0.6 is 11.6 Å². The van der Waals surface area contributed by atoms with Crippen molar-refractivity contribution in [2.24, 2.45) is 0 Å². The molecule has 0 aliphatic rings. The van der Waals surface area contributed by atoms with Gasteiger partial charge in [-0.1, -0.05) is 43.6 Å². The predicted octanol–water partition coefficient (Wildman–Crippen LogP) is 3.64. The normalized spacial score (nSPS) is 13.2. The number of likely N-dealkylation sites (N-methyl/N-ethyl adjacent to an activating group) is 1. The van der Waals surface area contributed by atoms with Gasteiger partial charge in [0.25, 0.3) is 0 Å². The molecule has 1 atom stereocenters. The highest BCUT2D eigenvalue weighted by Gasteiger charge is 2.11. The summed E-state index contributed by atoms with van der Waals surface area (Å²) in [5.74, 6) is 0. The van der Waals surface area contributed by atoms with Crippen LogP contribution < -0.4 is 5.32 Å². The Kier molecular flexibility index (Phi) is 5.46. The van der Waals surface area contributed by atoms with Crippen LogP contribution in [0.3, 0.4) is 0 Å². The van der Waals surface area contributed by atoms with Gasteiger partial charge in [0.2, 0.25) is 0 Å². The summed E-state index contributed by atoms with van der Waals surface area (Å²) in [4.78, 5) is 5.81. The average Bonchev–Trinajstić information content (AvgIpc) is 2.79. The van der Waals surface area contributed by atoms with Gasteiger partial charge < -0.3 is 15.2 Å². The van der Waals surface area contributed by atoms with Gasteiger partial charge >= 0.3 is 0 Å². The number of aromatic nitrogens is 1. The Labute approximate surface area is 126 Å². The Morgan fingerprint density at radius 3 is 2.60 bits per heavy atom. The minimum Gasteiger partial charge on any atom is -0.356 e. The van der Waals surface area contributed by atoms with Gasteiger partial charge in [-0.05, 0) is 26.1 Å². The molecule has 20 heavy (non-hydrogen) atoms. The van der Waals surface area contributed by atoms with E-state index in [-0.39, 0.29) is 0 Å². The van der Waals surface area contributed by atoms with Gasteiger partial charge in [0.1, 0.15) is 0 Å². The Morgan fingerprint density at radius 2 is 1.95 bits per heavy atom. The van der Waals surface area contributed by atoms with Crippen molar-refractivity contribution in [3.05, 3.63) is 35.0 Å². The molecule has 3 nitrogen and oxygen atoms in total. The lowest BCUT2D eigenvalue weighted by Gasteiger charge is -2.23. The molecule has 0 spiro atoms. The molecule has 0 bridgehead atoms. The second kappa shape index (κ2) is 7.11. The van der Waals surface area contributed by atoms with Gasteiger partial charge in [0.15, 0.2) is 0 Å². The predicted molar refractivity (Wildman–Crippen MR) is 87.4 cm³/mol. The number of aromatic amines is 1. The van der Waals surface area contributed by atoms with E-state index in [9.17, 15) is 0 Å². The zero-order valence-corrected chi connectivity index (χ0v) is 13.3. The van der Waals surface area contributed by atoms with Gasteiger partial charge in [-0.2, -0.15) is 0 Å². The summed E-state index contributed by atoms with van der Waals surface area (Å²) in [6.07, 6.45) is 0. The Bertz CT molecular complexity index is 546. The van der Waals surface area contributed by atoms with Gasteiger partial charge in [-0.25, -0.2) is 0 Å². The fraction of sp³-hybridized carbons (Fsp3) is 0.500. The molecule has 2 aromatic rings. The molecule has 1 aromatic carbocycles. The first kappa shape index (κ1) is 15.4. The first-order valence-corrected chi connectivity index (χ1v) is 7.74. The van der Waals surface area contributed by atoms with E-state index in [0.29, 0.717) is 6.04 Å². The molecule has 1 aromatic heterocycles. The van der Waals surface area contributed by atoms with Crippen LogP contribution in [0.15, 0.2) is 24.3 Å². The van der Waals surface area contributed by atoms with Crippen molar-refractivity contribution in [2.45, 2.75) is 33.4 Å². The van der Waals surface area contributed by atoms with E-state index in [2.05, 4.69) is 48.1 Å². The molecular formula is C16H24ClN3. The molecule has 4 heteroatoms. The largest absolute Gasteiger partial charge is 0.356 e. The molecule has 110 valence electrons. The lowest BCUT2D eigenvalue weighted by Crippen LogP contribution is -2.38. The lowest BCUT2D eigenvalue weighted by molar-refractivity contribution is 0.270.